The third kappa shape index (κ3) is 30.4. The zero-order valence-corrected chi connectivity index (χ0v) is 52.3. The first-order chi connectivity index (χ1) is 42.9. The van der Waals surface area contributed by atoms with Crippen LogP contribution in [0.4, 0.5) is 0 Å². The van der Waals surface area contributed by atoms with E-state index in [-0.39, 0.29) is 69.8 Å². The maximum absolute atomic E-state index is 14.1. The standard InChI is InChI=1S/C59H85N7O24S/c1-5-42(67)40(32-91-4)61-47(72)16-15-44(69)39(28-33(2)3)64-59(89)41-8-6-25-65(41)51(76)31-90-27-7-9-43(68)36(12-21-54(81)82)62-57(87)35(11-20-53(79)80)30-46(71)38(14-23-56(85)86)63-58(88)34(10-19-52(77)78)29-45(70)37(13-22-55(83)84)60-48(73)24-26-66-49(74)17-18-50(66)75/h17-18,33-41H,5-16,19-32H2,1-4H3,(H,60,73)(H,61,72)(H,62,87)(H,63,88)(H,64,89)(H,77,78)(H,79,80)(H,81,82)(H,83,84)(H,85,86)/t34-,35-,36+,37+,38+,39-,40-,41-/m0/s1. The smallest absolute Gasteiger partial charge is 0.303 e. The molecule has 2 rings (SSSR count). The Hall–Kier alpha value is -8.29. The number of nitrogens with zero attached hydrogens (tertiary/aromatic N) is 2. The molecule has 0 aliphatic carbocycles. The number of ketones is 5. The maximum Gasteiger partial charge on any atom is 0.303 e. The van der Waals surface area contributed by atoms with Crippen molar-refractivity contribution in [2.45, 2.75) is 192 Å². The third-order valence-electron chi connectivity index (χ3n) is 14.8. The van der Waals surface area contributed by atoms with E-state index in [1.54, 1.807) is 13.2 Å². The van der Waals surface area contributed by atoms with Crippen LogP contribution in [0.25, 0.3) is 0 Å². The minimum Gasteiger partial charge on any atom is -0.481 e. The fourth-order valence-electron chi connectivity index (χ4n) is 9.89. The van der Waals surface area contributed by atoms with Crippen LogP contribution in [0.2, 0.25) is 0 Å². The number of hydrogen-bond donors (Lipinski definition) is 10. The van der Waals surface area contributed by atoms with Crippen molar-refractivity contribution in [1.82, 2.24) is 36.4 Å². The summed E-state index contributed by atoms with van der Waals surface area (Å²) in [7, 11) is 0. The summed E-state index contributed by atoms with van der Waals surface area (Å²) in [6, 6.07) is -7.61. The molecular formula is C59H85N7O24S. The first-order valence-corrected chi connectivity index (χ1v) is 31.4. The Morgan fingerprint density at radius 3 is 1.47 bits per heavy atom. The normalized spacial score (nSPS) is 15.9. The number of aliphatic carboxylic acids is 5. The fraction of sp³-hybridized carbons (Fsp3) is 0.661. The molecule has 8 atom stereocenters. The van der Waals surface area contributed by atoms with Crippen LogP contribution in [0, 0.1) is 17.8 Å². The Labute approximate surface area is 529 Å². The number of ether oxygens (including phenoxy) is 1. The zero-order valence-electron chi connectivity index (χ0n) is 51.5. The van der Waals surface area contributed by atoms with E-state index in [4.69, 9.17) is 4.74 Å². The highest BCUT2D eigenvalue weighted by atomic mass is 32.2. The van der Waals surface area contributed by atoms with Gasteiger partial charge < -0.3 is 61.8 Å². The van der Waals surface area contributed by atoms with Crippen LogP contribution in [0.3, 0.4) is 0 Å². The molecule has 0 saturated carbocycles. The van der Waals surface area contributed by atoms with Crippen molar-refractivity contribution >= 4 is 118 Å². The van der Waals surface area contributed by atoms with Crippen LogP contribution in [-0.2, 0) is 91.0 Å². The van der Waals surface area contributed by atoms with Gasteiger partial charge in [0.25, 0.3) is 11.8 Å². The Morgan fingerprint density at radius 1 is 0.549 bits per heavy atom. The van der Waals surface area contributed by atoms with E-state index in [9.17, 15) is 112 Å². The quantitative estimate of drug-likeness (QED) is 0.0289. The van der Waals surface area contributed by atoms with Gasteiger partial charge in [-0.05, 0) is 70.0 Å². The Kier molecular flexibility index (Phi) is 35.6. The SMILES string of the molecule is CCC(=O)[C@H](CSC)NC(=O)CCC(=O)[C@H](CC(C)C)NC(=O)[C@@H]1CCCN1C(=O)COCCCC(=O)[C@@H](CCC(=O)O)NC(=O)[C@@H](CCC(=O)O)CC(=O)[C@@H](CCC(=O)O)NC(=O)[C@@H](CCC(=O)O)CC(=O)[C@@H](CCC(=O)O)NC(=O)CCN1C(=O)C=CC1=O. The van der Waals surface area contributed by atoms with Crippen LogP contribution < -0.4 is 26.6 Å². The van der Waals surface area contributed by atoms with E-state index >= 15 is 0 Å². The highest BCUT2D eigenvalue weighted by Crippen LogP contribution is 2.22. The summed E-state index contributed by atoms with van der Waals surface area (Å²) in [6.45, 7) is 4.34. The van der Waals surface area contributed by atoms with Crippen LogP contribution in [0.1, 0.15) is 156 Å². The maximum atomic E-state index is 14.1. The molecule has 2 heterocycles. The molecule has 8 amide bonds. The first kappa shape index (κ1) is 78.8. The molecule has 0 unspecified atom stereocenters. The van der Waals surface area contributed by atoms with Crippen molar-refractivity contribution in [3.05, 3.63) is 12.2 Å². The van der Waals surface area contributed by atoms with Gasteiger partial charge in [0.15, 0.2) is 28.9 Å². The largest absolute Gasteiger partial charge is 0.481 e. The van der Waals surface area contributed by atoms with Crippen LogP contribution >= 0.6 is 11.8 Å². The van der Waals surface area contributed by atoms with Crippen LogP contribution in [-0.4, -0.2) is 216 Å². The molecular weight excluding hydrogens is 1220 g/mol. The number of amides is 8. The molecule has 0 aromatic carbocycles. The molecule has 1 saturated heterocycles. The van der Waals surface area contributed by atoms with E-state index in [0.29, 0.717) is 12.2 Å². The second-order valence-electron chi connectivity index (χ2n) is 22.5. The van der Waals surface area contributed by atoms with Crippen molar-refractivity contribution in [3.63, 3.8) is 0 Å². The summed E-state index contributed by atoms with van der Waals surface area (Å²) >= 11 is 1.38. The van der Waals surface area contributed by atoms with Gasteiger partial charge in [-0.25, -0.2) is 0 Å². The monoisotopic (exact) mass is 1310 g/mol. The second kappa shape index (κ2) is 41.2. The number of nitrogens with one attached hydrogen (secondary N) is 5. The summed E-state index contributed by atoms with van der Waals surface area (Å²) in [5, 5.41) is 59.8. The summed E-state index contributed by atoms with van der Waals surface area (Å²) in [5.74, 6) is -19.8. The van der Waals surface area contributed by atoms with Gasteiger partial charge >= 0.3 is 29.8 Å². The number of carbonyl (C=O) groups excluding carboxylic acids is 13. The number of thioether (sulfide) groups is 1. The lowest BCUT2D eigenvalue weighted by Crippen LogP contribution is -2.52. The fourth-order valence-corrected chi connectivity index (χ4v) is 10.5. The number of carboxylic acid groups (broad SMARTS) is 5. The Morgan fingerprint density at radius 2 is 1.00 bits per heavy atom. The molecule has 0 bridgehead atoms. The topological polar surface area (TPSA) is 484 Å². The van der Waals surface area contributed by atoms with E-state index in [1.807, 2.05) is 13.8 Å². The summed E-state index contributed by atoms with van der Waals surface area (Å²) < 4.78 is 5.56. The van der Waals surface area contributed by atoms with Gasteiger partial charge in [0.05, 0.1) is 30.2 Å². The van der Waals surface area contributed by atoms with Crippen LogP contribution in [0.5, 0.6) is 0 Å². The predicted molar refractivity (Wildman–Crippen MR) is 318 cm³/mol. The molecule has 0 aromatic rings. The molecule has 1 fully saturated rings. The van der Waals surface area contributed by atoms with Gasteiger partial charge in [0, 0.05) is 126 Å². The molecule has 0 spiro atoms. The van der Waals surface area contributed by atoms with Crippen molar-refractivity contribution in [3.8, 4) is 0 Å². The number of carbonyl (C=O) groups is 18. The number of rotatable bonds is 49. The van der Waals surface area contributed by atoms with E-state index in [2.05, 4.69) is 26.6 Å². The highest BCUT2D eigenvalue weighted by Gasteiger charge is 2.38. The van der Waals surface area contributed by atoms with Gasteiger partial charge in [-0.1, -0.05) is 20.8 Å². The minimum atomic E-state index is -1.80. The molecule has 2 aliphatic heterocycles. The van der Waals surface area contributed by atoms with Gasteiger partial charge in [0.1, 0.15) is 12.6 Å². The average Bonchev–Trinajstić information content (AvgIpc) is 1.92. The third-order valence-corrected chi connectivity index (χ3v) is 15.5. The lowest BCUT2D eigenvalue weighted by molar-refractivity contribution is -0.142. The molecule has 0 aromatic heterocycles. The number of Topliss-reactive ketones (excluding diaryl/α,β-unsaturated/α-hetero) is 5. The molecule has 91 heavy (non-hydrogen) atoms. The molecule has 10 N–H and O–H groups in total. The zero-order chi connectivity index (χ0) is 68.5. The van der Waals surface area contributed by atoms with E-state index in [0.717, 1.165) is 17.1 Å². The summed E-state index contributed by atoms with van der Waals surface area (Å²) in [4.78, 5) is 232. The summed E-state index contributed by atoms with van der Waals surface area (Å²) in [6.07, 6.45) is -4.90. The minimum absolute atomic E-state index is 0.0526. The first-order valence-electron chi connectivity index (χ1n) is 30.0. The highest BCUT2D eigenvalue weighted by molar-refractivity contribution is 7.98. The van der Waals surface area contributed by atoms with E-state index in [1.165, 1.54) is 16.7 Å². The second-order valence-corrected chi connectivity index (χ2v) is 23.4. The van der Waals surface area contributed by atoms with Crippen molar-refractivity contribution in [2.75, 3.05) is 38.3 Å². The number of likely N-dealkylation sites (tertiary alicyclic amines) is 1. The Bertz CT molecular complexity index is 2700. The molecule has 2 aliphatic rings. The molecule has 31 nitrogen and oxygen atoms in total. The van der Waals surface area contributed by atoms with Gasteiger partial charge in [-0.3, -0.25) is 91.2 Å². The lowest BCUT2D eigenvalue weighted by atomic mass is 9.89. The van der Waals surface area contributed by atoms with Crippen LogP contribution in [0.15, 0.2) is 12.2 Å². The number of hydrogen-bond acceptors (Lipinski definition) is 20. The van der Waals surface area contributed by atoms with Gasteiger partial charge in [0.2, 0.25) is 35.4 Å². The number of imide groups is 1. The predicted octanol–water partition coefficient (Wildman–Crippen LogP) is 0.295. The van der Waals surface area contributed by atoms with E-state index < -0.39 is 245 Å². The van der Waals surface area contributed by atoms with Crippen molar-refractivity contribution in [2.24, 2.45) is 17.8 Å². The number of carboxylic acids is 5. The van der Waals surface area contributed by atoms with Crippen molar-refractivity contribution < 1.29 is 117 Å². The lowest BCUT2D eigenvalue weighted by Gasteiger charge is -2.27. The molecule has 0 radical (unpaired) electrons. The average molecular weight is 1310 g/mol. The van der Waals surface area contributed by atoms with Crippen molar-refractivity contribution in [1.29, 1.82) is 0 Å². The summed E-state index contributed by atoms with van der Waals surface area (Å²) in [5.41, 5.74) is 0. The Balaban J connectivity index is 2.20. The molecule has 32 heteroatoms. The van der Waals surface area contributed by atoms with Gasteiger partial charge in [-0.2, -0.15) is 11.8 Å². The van der Waals surface area contributed by atoms with Gasteiger partial charge in [-0.15, -0.1) is 0 Å². The molecule has 506 valence electrons.